The number of nitriles is 1. The zero-order chi connectivity index (χ0) is 17.1. The summed E-state index contributed by atoms with van der Waals surface area (Å²) in [7, 11) is 0. The first-order valence-corrected chi connectivity index (χ1v) is 7.12. The van der Waals surface area contributed by atoms with Gasteiger partial charge in [-0.1, -0.05) is 42.5 Å². The van der Waals surface area contributed by atoms with Crippen LogP contribution in [-0.4, -0.2) is 21.2 Å². The Morgan fingerprint density at radius 3 is 2.46 bits per heavy atom. The Labute approximate surface area is 138 Å². The lowest BCUT2D eigenvalue weighted by atomic mass is 9.97. The molecule has 0 saturated heterocycles. The van der Waals surface area contributed by atoms with E-state index in [1.165, 1.54) is 6.07 Å². The molecule has 1 aromatic heterocycles. The summed E-state index contributed by atoms with van der Waals surface area (Å²) in [4.78, 5) is 15.2. The predicted octanol–water partition coefficient (Wildman–Crippen LogP) is 3.69. The number of aromatic hydroxyl groups is 1. The number of aromatic nitrogens is 1. The Morgan fingerprint density at radius 1 is 1.04 bits per heavy atom. The number of pyridine rings is 1. The number of carbonyl (C=O) groups is 1. The molecule has 0 aliphatic rings. The second-order valence-corrected chi connectivity index (χ2v) is 5.13. The lowest BCUT2D eigenvalue weighted by molar-refractivity contribution is 0.0693. The zero-order valence-electron chi connectivity index (χ0n) is 12.5. The predicted molar refractivity (Wildman–Crippen MR) is 88.4 cm³/mol. The molecule has 2 aromatic carbocycles. The molecule has 0 bridgehead atoms. The van der Waals surface area contributed by atoms with Crippen LogP contribution >= 0.6 is 0 Å². The van der Waals surface area contributed by atoms with Gasteiger partial charge in [-0.3, -0.25) is 4.98 Å². The van der Waals surface area contributed by atoms with Gasteiger partial charge in [0.25, 0.3) is 0 Å². The summed E-state index contributed by atoms with van der Waals surface area (Å²) in [5, 5.41) is 28.1. The molecule has 0 saturated carbocycles. The minimum absolute atomic E-state index is 0.231. The molecule has 24 heavy (non-hydrogen) atoms. The number of benzene rings is 2. The molecule has 3 aromatic rings. The number of rotatable bonds is 3. The fourth-order valence-corrected chi connectivity index (χ4v) is 2.44. The molecule has 0 spiro atoms. The van der Waals surface area contributed by atoms with Gasteiger partial charge in [-0.25, -0.2) is 4.79 Å². The van der Waals surface area contributed by atoms with Gasteiger partial charge in [0, 0.05) is 5.56 Å². The van der Waals surface area contributed by atoms with Crippen LogP contribution in [0.1, 0.15) is 15.9 Å². The quantitative estimate of drug-likeness (QED) is 0.768. The maximum Gasteiger partial charge on any atom is 0.339 e. The van der Waals surface area contributed by atoms with Crippen LogP contribution in [0.2, 0.25) is 0 Å². The first-order valence-electron chi connectivity index (χ1n) is 7.12. The van der Waals surface area contributed by atoms with Crippen LogP contribution in [0.5, 0.6) is 5.75 Å². The molecular weight excluding hydrogens is 304 g/mol. The highest BCUT2D eigenvalue weighted by Crippen LogP contribution is 2.29. The normalized spacial score (nSPS) is 10.1. The van der Waals surface area contributed by atoms with E-state index in [-0.39, 0.29) is 5.56 Å². The molecule has 0 aliphatic carbocycles. The molecule has 0 aliphatic heterocycles. The van der Waals surface area contributed by atoms with Crippen LogP contribution < -0.4 is 0 Å². The lowest BCUT2D eigenvalue weighted by Gasteiger charge is -2.08. The molecule has 3 rings (SSSR count). The van der Waals surface area contributed by atoms with Crippen molar-refractivity contribution in [1.82, 2.24) is 4.98 Å². The molecule has 2 N–H and O–H groups in total. The fraction of sp³-hybridized carbons (Fsp3) is 0. The van der Waals surface area contributed by atoms with Crippen molar-refractivity contribution in [2.24, 2.45) is 0 Å². The highest BCUT2D eigenvalue weighted by molar-refractivity contribution is 5.92. The van der Waals surface area contributed by atoms with E-state index in [0.717, 1.165) is 17.3 Å². The van der Waals surface area contributed by atoms with Crippen molar-refractivity contribution in [3.05, 3.63) is 71.9 Å². The molecule has 1 heterocycles. The van der Waals surface area contributed by atoms with Crippen molar-refractivity contribution >= 4 is 5.97 Å². The summed E-state index contributed by atoms with van der Waals surface area (Å²) in [5.41, 5.74) is 2.93. The Morgan fingerprint density at radius 2 is 1.79 bits per heavy atom. The summed E-state index contributed by atoms with van der Waals surface area (Å²) in [6, 6.07) is 18.2. The number of aromatic carboxylic acids is 1. The Kier molecular flexibility index (Phi) is 3.96. The molecule has 5 nitrogen and oxygen atoms in total. The Balaban J connectivity index is 2.10. The number of hydrogen-bond donors (Lipinski definition) is 2. The van der Waals surface area contributed by atoms with Crippen LogP contribution in [0.25, 0.3) is 22.4 Å². The second kappa shape index (κ2) is 6.23. The third-order valence-corrected chi connectivity index (χ3v) is 3.63. The van der Waals surface area contributed by atoms with Crippen LogP contribution in [-0.2, 0) is 0 Å². The highest BCUT2D eigenvalue weighted by atomic mass is 16.4. The molecule has 0 radical (unpaired) electrons. The van der Waals surface area contributed by atoms with Crippen LogP contribution in [0.3, 0.4) is 0 Å². The summed E-state index contributed by atoms with van der Waals surface area (Å²) in [5.74, 6) is -1.63. The van der Waals surface area contributed by atoms with Gasteiger partial charge in [-0.15, -0.1) is 0 Å². The van der Waals surface area contributed by atoms with E-state index in [4.69, 9.17) is 5.11 Å². The summed E-state index contributed by atoms with van der Waals surface area (Å²) < 4.78 is 0. The first-order chi connectivity index (χ1) is 11.6. The minimum Gasteiger partial charge on any atom is -0.505 e. The summed E-state index contributed by atoms with van der Waals surface area (Å²) in [6.07, 6.45) is 1.09. The SMILES string of the molecule is N#Cc1cc(-c2cc(C(=O)O)c(O)cn2)ccc1-c1ccccc1. The molecule has 0 amide bonds. The standard InChI is InChI=1S/C19H12N2O3/c20-10-14-8-13(6-7-15(14)12-4-2-1-3-5-12)17-9-16(19(23)24)18(22)11-21-17/h1-9,11,22H,(H,23,24). The first kappa shape index (κ1) is 15.3. The lowest BCUT2D eigenvalue weighted by Crippen LogP contribution is -1.98. The van der Waals surface area contributed by atoms with E-state index in [2.05, 4.69) is 11.1 Å². The third kappa shape index (κ3) is 2.81. The smallest absolute Gasteiger partial charge is 0.339 e. The monoisotopic (exact) mass is 316 g/mol. The van der Waals surface area contributed by atoms with Gasteiger partial charge in [0.2, 0.25) is 0 Å². The molecule has 5 heteroatoms. The average Bonchev–Trinajstić information content (AvgIpc) is 2.62. The van der Waals surface area contributed by atoms with Crippen LogP contribution in [0.4, 0.5) is 0 Å². The van der Waals surface area contributed by atoms with Crippen LogP contribution in [0, 0.1) is 11.3 Å². The fourth-order valence-electron chi connectivity index (χ4n) is 2.44. The molecule has 0 unspecified atom stereocenters. The second-order valence-electron chi connectivity index (χ2n) is 5.13. The molecule has 0 atom stereocenters. The van der Waals surface area contributed by atoms with E-state index in [1.54, 1.807) is 18.2 Å². The Hall–Kier alpha value is -3.65. The van der Waals surface area contributed by atoms with Crippen molar-refractivity contribution in [1.29, 1.82) is 5.26 Å². The van der Waals surface area contributed by atoms with Gasteiger partial charge < -0.3 is 10.2 Å². The van der Waals surface area contributed by atoms with Crippen molar-refractivity contribution < 1.29 is 15.0 Å². The van der Waals surface area contributed by atoms with E-state index in [1.807, 2.05) is 30.3 Å². The summed E-state index contributed by atoms with van der Waals surface area (Å²) in [6.45, 7) is 0. The van der Waals surface area contributed by atoms with Gasteiger partial charge in [0.05, 0.1) is 23.5 Å². The van der Waals surface area contributed by atoms with Gasteiger partial charge in [-0.05, 0) is 23.3 Å². The molecular formula is C19H12N2O3. The Bertz CT molecular complexity index is 960. The average molecular weight is 316 g/mol. The van der Waals surface area contributed by atoms with E-state index in [0.29, 0.717) is 16.8 Å². The number of carboxylic acids is 1. The molecule has 116 valence electrons. The summed E-state index contributed by atoms with van der Waals surface area (Å²) >= 11 is 0. The van der Waals surface area contributed by atoms with Gasteiger partial charge in [-0.2, -0.15) is 5.26 Å². The van der Waals surface area contributed by atoms with Crippen molar-refractivity contribution in [3.63, 3.8) is 0 Å². The van der Waals surface area contributed by atoms with Crippen molar-refractivity contribution in [2.45, 2.75) is 0 Å². The number of hydrogen-bond acceptors (Lipinski definition) is 4. The highest BCUT2D eigenvalue weighted by Gasteiger charge is 2.13. The topological polar surface area (TPSA) is 94.2 Å². The van der Waals surface area contributed by atoms with E-state index < -0.39 is 11.7 Å². The van der Waals surface area contributed by atoms with E-state index in [9.17, 15) is 15.2 Å². The van der Waals surface area contributed by atoms with Gasteiger partial charge in [0.15, 0.2) is 0 Å². The number of nitrogens with zero attached hydrogens (tertiary/aromatic N) is 2. The van der Waals surface area contributed by atoms with Crippen LogP contribution in [0.15, 0.2) is 60.8 Å². The maximum atomic E-state index is 11.1. The number of carboxylic acid groups (broad SMARTS) is 1. The van der Waals surface area contributed by atoms with Crippen molar-refractivity contribution in [2.75, 3.05) is 0 Å². The van der Waals surface area contributed by atoms with Gasteiger partial charge in [0.1, 0.15) is 11.3 Å². The molecule has 0 fully saturated rings. The largest absolute Gasteiger partial charge is 0.505 e. The third-order valence-electron chi connectivity index (χ3n) is 3.63. The van der Waals surface area contributed by atoms with Gasteiger partial charge >= 0.3 is 5.97 Å². The van der Waals surface area contributed by atoms with Crippen molar-refractivity contribution in [3.8, 4) is 34.2 Å². The minimum atomic E-state index is -1.24. The zero-order valence-corrected chi connectivity index (χ0v) is 12.5. The van der Waals surface area contributed by atoms with E-state index >= 15 is 0 Å². The maximum absolute atomic E-state index is 11.1.